The molecule has 1 N–H and O–H groups in total. The molecule has 0 aromatic carbocycles. The van der Waals surface area contributed by atoms with E-state index < -0.39 is 0 Å². The van der Waals surface area contributed by atoms with Gasteiger partial charge in [0.05, 0.1) is 0 Å². The lowest BCUT2D eigenvalue weighted by molar-refractivity contribution is -0.605. The smallest absolute Gasteiger partial charge is 0.257 e. The molecule has 0 aliphatic heterocycles. The van der Waals surface area contributed by atoms with E-state index in [4.69, 9.17) is 0 Å². The van der Waals surface area contributed by atoms with Crippen LogP contribution in [0.25, 0.3) is 0 Å². The second-order valence-electron chi connectivity index (χ2n) is 3.78. The van der Waals surface area contributed by atoms with Crippen molar-refractivity contribution in [1.29, 1.82) is 0 Å². The molecule has 18 heavy (non-hydrogen) atoms. The van der Waals surface area contributed by atoms with Crippen LogP contribution in [0.4, 0.5) is 0 Å². The molecule has 0 unspecified atom stereocenters. The highest BCUT2D eigenvalue weighted by molar-refractivity contribution is 5.93. The van der Waals surface area contributed by atoms with Crippen LogP contribution in [-0.4, -0.2) is 17.4 Å². The predicted molar refractivity (Wildman–Crippen MR) is 65.7 cm³/mol. The van der Waals surface area contributed by atoms with E-state index in [1.54, 1.807) is 18.3 Å². The first-order valence-corrected chi connectivity index (χ1v) is 5.62. The Hall–Kier alpha value is -2.43. The fourth-order valence-electron chi connectivity index (χ4n) is 1.54. The number of hydrogen-bond donors (Lipinski definition) is 1. The summed E-state index contributed by atoms with van der Waals surface area (Å²) in [5.74, 6) is -0.254. The van der Waals surface area contributed by atoms with Crippen LogP contribution in [0.5, 0.6) is 0 Å². The van der Waals surface area contributed by atoms with Crippen LogP contribution in [0.3, 0.4) is 0 Å². The Bertz CT molecular complexity index is 529. The molecule has 0 bridgehead atoms. The van der Waals surface area contributed by atoms with E-state index in [-0.39, 0.29) is 5.91 Å². The molecule has 2 heterocycles. The molecule has 2 rings (SSSR count). The molecule has 5 nitrogen and oxygen atoms in total. The fraction of sp³-hybridized carbons (Fsp3) is 0.154. The number of carbonyl (C=O) groups excluding carboxylic acids is 1. The maximum Gasteiger partial charge on any atom is 0.257 e. The van der Waals surface area contributed by atoms with E-state index in [0.717, 1.165) is 5.69 Å². The third-order valence-electron chi connectivity index (χ3n) is 2.43. The average molecular weight is 243 g/mol. The molecule has 0 saturated carbocycles. The van der Waals surface area contributed by atoms with Gasteiger partial charge >= 0.3 is 0 Å². The van der Waals surface area contributed by atoms with Crippen molar-refractivity contribution < 1.29 is 9.52 Å². The maximum atomic E-state index is 11.7. The highest BCUT2D eigenvalue weighted by Gasteiger charge is 2.07. The van der Waals surface area contributed by atoms with Crippen LogP contribution in [0.1, 0.15) is 16.1 Å². The Morgan fingerprint density at radius 2 is 2.22 bits per heavy atom. The number of amides is 1. The highest BCUT2D eigenvalue weighted by Crippen LogP contribution is 1.96. The van der Waals surface area contributed by atoms with E-state index >= 15 is 0 Å². The Balaban J connectivity index is 1.86. The van der Waals surface area contributed by atoms with Gasteiger partial charge in [-0.2, -0.15) is 4.73 Å². The zero-order valence-electron chi connectivity index (χ0n) is 9.74. The molecule has 1 amide bonds. The number of aromatic nitrogens is 2. The van der Waals surface area contributed by atoms with E-state index in [1.165, 1.54) is 12.4 Å². The van der Waals surface area contributed by atoms with Crippen molar-refractivity contribution in [2.75, 3.05) is 6.54 Å². The average Bonchev–Trinajstić information content (AvgIpc) is 2.40. The van der Waals surface area contributed by atoms with Crippen molar-refractivity contribution in [2.45, 2.75) is 6.42 Å². The monoisotopic (exact) mass is 243 g/mol. The van der Waals surface area contributed by atoms with Crippen LogP contribution >= 0.6 is 0 Å². The van der Waals surface area contributed by atoms with E-state index in [2.05, 4.69) is 10.3 Å². The van der Waals surface area contributed by atoms with E-state index in [1.807, 2.05) is 18.2 Å². The SMILES string of the molecule is O=C(NCCc1ccccn1)c1ccc[n+]([O-])c1. The summed E-state index contributed by atoms with van der Waals surface area (Å²) in [5.41, 5.74) is 1.28. The van der Waals surface area contributed by atoms with Crippen LogP contribution in [0, 0.1) is 5.21 Å². The molecule has 92 valence electrons. The van der Waals surface area contributed by atoms with Gasteiger partial charge in [-0.25, -0.2) is 0 Å². The zero-order valence-corrected chi connectivity index (χ0v) is 9.74. The zero-order chi connectivity index (χ0) is 12.8. The Labute approximate surface area is 105 Å². The summed E-state index contributed by atoms with van der Waals surface area (Å²) in [7, 11) is 0. The normalized spacial score (nSPS) is 10.0. The minimum Gasteiger partial charge on any atom is -0.619 e. The first-order valence-electron chi connectivity index (χ1n) is 5.62. The molecule has 0 radical (unpaired) electrons. The van der Waals surface area contributed by atoms with Crippen molar-refractivity contribution >= 4 is 5.91 Å². The summed E-state index contributed by atoms with van der Waals surface area (Å²) >= 11 is 0. The topological polar surface area (TPSA) is 68.9 Å². The number of hydrogen-bond acceptors (Lipinski definition) is 3. The minimum absolute atomic E-state index is 0.254. The summed E-state index contributed by atoms with van der Waals surface area (Å²) in [6, 6.07) is 8.80. The van der Waals surface area contributed by atoms with Crippen molar-refractivity contribution in [1.82, 2.24) is 10.3 Å². The first kappa shape index (κ1) is 12.0. The van der Waals surface area contributed by atoms with E-state index in [0.29, 0.717) is 23.3 Å². The Kier molecular flexibility index (Phi) is 3.86. The quantitative estimate of drug-likeness (QED) is 0.634. The largest absolute Gasteiger partial charge is 0.619 e. The molecule has 0 spiro atoms. The van der Waals surface area contributed by atoms with Gasteiger partial charge in [0.25, 0.3) is 5.91 Å². The highest BCUT2D eigenvalue weighted by atomic mass is 16.5. The van der Waals surface area contributed by atoms with Gasteiger partial charge in [0.2, 0.25) is 0 Å². The molecule has 0 fully saturated rings. The fourth-order valence-corrected chi connectivity index (χ4v) is 1.54. The molecule has 0 atom stereocenters. The van der Waals surface area contributed by atoms with Crippen molar-refractivity contribution in [3.63, 3.8) is 0 Å². The summed E-state index contributed by atoms with van der Waals surface area (Å²) < 4.78 is 0.605. The number of nitrogens with zero attached hydrogens (tertiary/aromatic N) is 2. The van der Waals surface area contributed by atoms with Crippen LogP contribution in [0.2, 0.25) is 0 Å². The summed E-state index contributed by atoms with van der Waals surface area (Å²) in [6.45, 7) is 0.490. The van der Waals surface area contributed by atoms with Crippen molar-refractivity contribution in [2.24, 2.45) is 0 Å². The second-order valence-corrected chi connectivity index (χ2v) is 3.78. The Morgan fingerprint density at radius 1 is 1.33 bits per heavy atom. The summed E-state index contributed by atoms with van der Waals surface area (Å²) in [4.78, 5) is 15.9. The van der Waals surface area contributed by atoms with Gasteiger partial charge in [-0.3, -0.25) is 9.78 Å². The molecular formula is C13H13N3O2. The van der Waals surface area contributed by atoms with Gasteiger partial charge in [-0.05, 0) is 18.2 Å². The number of nitrogens with one attached hydrogen (secondary N) is 1. The number of rotatable bonds is 4. The van der Waals surface area contributed by atoms with Crippen molar-refractivity contribution in [3.05, 3.63) is 65.4 Å². The van der Waals surface area contributed by atoms with Gasteiger partial charge < -0.3 is 10.5 Å². The lowest BCUT2D eigenvalue weighted by atomic mass is 10.2. The number of pyridine rings is 2. The molecular weight excluding hydrogens is 230 g/mol. The van der Waals surface area contributed by atoms with Crippen LogP contribution in [-0.2, 0) is 6.42 Å². The molecule has 0 aliphatic rings. The van der Waals surface area contributed by atoms with Crippen molar-refractivity contribution in [3.8, 4) is 0 Å². The lowest BCUT2D eigenvalue weighted by Crippen LogP contribution is -2.31. The number of carbonyl (C=O) groups is 1. The molecule has 0 saturated heterocycles. The maximum absolute atomic E-state index is 11.7. The minimum atomic E-state index is -0.254. The third kappa shape index (κ3) is 3.28. The second kappa shape index (κ2) is 5.77. The third-order valence-corrected chi connectivity index (χ3v) is 2.43. The molecule has 2 aromatic rings. The summed E-state index contributed by atoms with van der Waals surface area (Å²) in [5, 5.41) is 13.8. The lowest BCUT2D eigenvalue weighted by Gasteiger charge is -2.04. The van der Waals surface area contributed by atoms with Gasteiger partial charge in [-0.1, -0.05) is 6.07 Å². The molecule has 0 aliphatic carbocycles. The van der Waals surface area contributed by atoms with Gasteiger partial charge in [0, 0.05) is 30.9 Å². The van der Waals surface area contributed by atoms with Gasteiger partial charge in [0.15, 0.2) is 12.4 Å². The molecule has 2 aromatic heterocycles. The van der Waals surface area contributed by atoms with E-state index in [9.17, 15) is 10.0 Å². The summed E-state index contributed by atoms with van der Waals surface area (Å²) in [6.07, 6.45) is 4.96. The first-order chi connectivity index (χ1) is 8.75. The van der Waals surface area contributed by atoms with Gasteiger partial charge in [0.1, 0.15) is 5.56 Å². The molecule has 5 heteroatoms. The van der Waals surface area contributed by atoms with Crippen LogP contribution < -0.4 is 10.0 Å². The standard InChI is InChI=1S/C13H13N3O2/c17-13(11-4-3-9-16(18)10-11)15-8-6-12-5-1-2-7-14-12/h1-5,7,9-10H,6,8H2,(H,15,17). The predicted octanol–water partition coefficient (Wildman–Crippen LogP) is 0.688. The van der Waals surface area contributed by atoms with Gasteiger partial charge in [-0.15, -0.1) is 0 Å². The Morgan fingerprint density at radius 3 is 2.94 bits per heavy atom. The van der Waals surface area contributed by atoms with Crippen LogP contribution in [0.15, 0.2) is 48.9 Å².